The van der Waals surface area contributed by atoms with Gasteiger partial charge in [0.2, 0.25) is 17.6 Å². The normalized spacial score (nSPS) is 23.4. The van der Waals surface area contributed by atoms with Crippen molar-refractivity contribution in [1.82, 2.24) is 15.5 Å². The Morgan fingerprint density at radius 1 is 1.24 bits per heavy atom. The Kier molecular flexibility index (Phi) is 5.51. The van der Waals surface area contributed by atoms with E-state index in [1.54, 1.807) is 0 Å². The first kappa shape index (κ1) is 17.6. The summed E-state index contributed by atoms with van der Waals surface area (Å²) in [5, 5.41) is 7.20. The summed E-state index contributed by atoms with van der Waals surface area (Å²) in [6.07, 6.45) is 4.39. The van der Waals surface area contributed by atoms with Gasteiger partial charge >= 0.3 is 0 Å². The zero-order valence-corrected chi connectivity index (χ0v) is 15.3. The topological polar surface area (TPSA) is 68.0 Å². The summed E-state index contributed by atoms with van der Waals surface area (Å²) in [5.41, 5.74) is 2.12. The van der Waals surface area contributed by atoms with E-state index < -0.39 is 0 Å². The first-order chi connectivity index (χ1) is 12.0. The average Bonchev–Trinajstić information content (AvgIpc) is 3.07. The van der Waals surface area contributed by atoms with E-state index in [1.165, 1.54) is 18.4 Å². The Hall–Kier alpha value is -2.17. The summed E-state index contributed by atoms with van der Waals surface area (Å²) in [4.78, 5) is 16.6. The number of amides is 1. The van der Waals surface area contributed by atoms with E-state index in [0.717, 1.165) is 12.0 Å². The average molecular weight is 341 g/mol. The van der Waals surface area contributed by atoms with Gasteiger partial charge in [-0.25, -0.2) is 0 Å². The molecule has 0 radical (unpaired) electrons. The lowest BCUT2D eigenvalue weighted by Crippen LogP contribution is -2.43. The lowest BCUT2D eigenvalue weighted by molar-refractivity contribution is -0.122. The molecule has 5 nitrogen and oxygen atoms in total. The fourth-order valence-electron chi connectivity index (χ4n) is 3.46. The molecule has 1 amide bonds. The number of aromatic nitrogens is 2. The summed E-state index contributed by atoms with van der Waals surface area (Å²) < 4.78 is 5.29. The molecule has 0 unspecified atom stereocenters. The van der Waals surface area contributed by atoms with Crippen LogP contribution in [0.15, 0.2) is 28.8 Å². The maximum atomic E-state index is 12.3. The van der Waals surface area contributed by atoms with Crippen LogP contribution in [-0.2, 0) is 11.2 Å². The number of nitrogens with zero attached hydrogens (tertiary/aromatic N) is 2. The first-order valence-corrected chi connectivity index (χ1v) is 9.22. The van der Waals surface area contributed by atoms with Gasteiger partial charge in [0.15, 0.2) is 0 Å². The number of aryl methyl sites for hydroxylation is 2. The smallest absolute Gasteiger partial charge is 0.227 e. The minimum absolute atomic E-state index is 0.0704. The Labute approximate surface area is 149 Å². The number of nitrogens with one attached hydrogen (secondary N) is 1. The lowest BCUT2D eigenvalue weighted by atomic mass is 9.78. The van der Waals surface area contributed by atoms with Gasteiger partial charge in [-0.15, -0.1) is 0 Å². The molecule has 25 heavy (non-hydrogen) atoms. The van der Waals surface area contributed by atoms with Gasteiger partial charge in [0.1, 0.15) is 0 Å². The third-order valence-electron chi connectivity index (χ3n) is 5.40. The number of hydrogen-bond acceptors (Lipinski definition) is 4. The highest BCUT2D eigenvalue weighted by molar-refractivity contribution is 5.76. The Morgan fingerprint density at radius 3 is 2.76 bits per heavy atom. The van der Waals surface area contributed by atoms with E-state index >= 15 is 0 Å². The highest BCUT2D eigenvalue weighted by Gasteiger charge is 2.28. The summed E-state index contributed by atoms with van der Waals surface area (Å²) in [6, 6.07) is 8.28. The van der Waals surface area contributed by atoms with Crippen molar-refractivity contribution in [1.29, 1.82) is 0 Å². The fraction of sp³-hybridized carbons (Fsp3) is 0.550. The molecule has 0 spiro atoms. The summed E-state index contributed by atoms with van der Waals surface area (Å²) >= 11 is 0. The SMILES string of the molecule is Cc1ccc(-c2noc(CCC(=O)N[C@@H]3CCC[C@H](C)[C@@H]3C)n2)cc1. The number of carbonyl (C=O) groups is 1. The summed E-state index contributed by atoms with van der Waals surface area (Å²) in [5.74, 6) is 2.36. The summed E-state index contributed by atoms with van der Waals surface area (Å²) in [7, 11) is 0. The third kappa shape index (κ3) is 4.47. The molecule has 134 valence electrons. The molecule has 1 saturated carbocycles. The molecule has 1 aromatic heterocycles. The van der Waals surface area contributed by atoms with E-state index in [4.69, 9.17) is 4.52 Å². The molecule has 0 saturated heterocycles. The maximum Gasteiger partial charge on any atom is 0.227 e. The largest absolute Gasteiger partial charge is 0.353 e. The molecule has 3 atom stereocenters. The molecule has 1 heterocycles. The standard InChI is InChI=1S/C20H27N3O2/c1-13-7-9-16(10-8-13)20-22-19(25-23-20)12-11-18(24)21-17-6-4-5-14(2)15(17)3/h7-10,14-15,17H,4-6,11-12H2,1-3H3,(H,21,24)/t14-,15-,17+/m0/s1. The van der Waals surface area contributed by atoms with Crippen LogP contribution in [-0.4, -0.2) is 22.1 Å². The molecule has 1 aliphatic rings. The third-order valence-corrected chi connectivity index (χ3v) is 5.40. The Morgan fingerprint density at radius 2 is 2.00 bits per heavy atom. The van der Waals surface area contributed by atoms with Crippen molar-refractivity contribution in [3.63, 3.8) is 0 Å². The van der Waals surface area contributed by atoms with Crippen LogP contribution < -0.4 is 5.32 Å². The van der Waals surface area contributed by atoms with Crippen LogP contribution in [0.5, 0.6) is 0 Å². The minimum Gasteiger partial charge on any atom is -0.353 e. The predicted molar refractivity (Wildman–Crippen MR) is 96.9 cm³/mol. The van der Waals surface area contributed by atoms with E-state index in [1.807, 2.05) is 31.2 Å². The van der Waals surface area contributed by atoms with Crippen LogP contribution in [0.4, 0.5) is 0 Å². The van der Waals surface area contributed by atoms with Crippen LogP contribution >= 0.6 is 0 Å². The van der Waals surface area contributed by atoms with E-state index in [-0.39, 0.29) is 5.91 Å². The molecule has 1 N–H and O–H groups in total. The van der Waals surface area contributed by atoms with Crippen molar-refractivity contribution in [2.45, 2.75) is 58.9 Å². The molecule has 0 bridgehead atoms. The fourth-order valence-corrected chi connectivity index (χ4v) is 3.46. The molecule has 1 aliphatic carbocycles. The van der Waals surface area contributed by atoms with Gasteiger partial charge in [0, 0.05) is 24.4 Å². The van der Waals surface area contributed by atoms with Gasteiger partial charge in [0.05, 0.1) is 0 Å². The van der Waals surface area contributed by atoms with Crippen molar-refractivity contribution in [2.75, 3.05) is 0 Å². The van der Waals surface area contributed by atoms with E-state index in [9.17, 15) is 4.79 Å². The van der Waals surface area contributed by atoms with Crippen molar-refractivity contribution in [2.24, 2.45) is 11.8 Å². The van der Waals surface area contributed by atoms with Crippen LogP contribution in [0.2, 0.25) is 0 Å². The van der Waals surface area contributed by atoms with Crippen molar-refractivity contribution < 1.29 is 9.32 Å². The van der Waals surface area contributed by atoms with Crippen molar-refractivity contribution in [3.05, 3.63) is 35.7 Å². The van der Waals surface area contributed by atoms with Crippen molar-refractivity contribution in [3.8, 4) is 11.4 Å². The molecule has 5 heteroatoms. The van der Waals surface area contributed by atoms with E-state index in [2.05, 4.69) is 29.3 Å². The minimum atomic E-state index is 0.0704. The van der Waals surface area contributed by atoms with Crippen LogP contribution in [0.25, 0.3) is 11.4 Å². The zero-order valence-electron chi connectivity index (χ0n) is 15.3. The Balaban J connectivity index is 1.52. The second-order valence-electron chi connectivity index (χ2n) is 7.32. The Bertz CT molecular complexity index is 708. The summed E-state index contributed by atoms with van der Waals surface area (Å²) in [6.45, 7) is 6.55. The van der Waals surface area contributed by atoms with Gasteiger partial charge < -0.3 is 9.84 Å². The second kappa shape index (κ2) is 7.81. The number of rotatable bonds is 5. The lowest BCUT2D eigenvalue weighted by Gasteiger charge is -2.34. The predicted octanol–water partition coefficient (Wildman–Crippen LogP) is 3.92. The second-order valence-corrected chi connectivity index (χ2v) is 7.32. The quantitative estimate of drug-likeness (QED) is 0.895. The van der Waals surface area contributed by atoms with Crippen LogP contribution in [0, 0.1) is 18.8 Å². The van der Waals surface area contributed by atoms with Gasteiger partial charge in [-0.2, -0.15) is 4.98 Å². The van der Waals surface area contributed by atoms with Gasteiger partial charge in [0.25, 0.3) is 0 Å². The number of carbonyl (C=O) groups excluding carboxylic acids is 1. The molecule has 3 rings (SSSR count). The monoisotopic (exact) mass is 341 g/mol. The van der Waals surface area contributed by atoms with Gasteiger partial charge in [-0.05, 0) is 25.2 Å². The van der Waals surface area contributed by atoms with Crippen molar-refractivity contribution >= 4 is 5.91 Å². The number of benzene rings is 1. The first-order valence-electron chi connectivity index (χ1n) is 9.22. The van der Waals surface area contributed by atoms with Crippen LogP contribution in [0.1, 0.15) is 51.0 Å². The van der Waals surface area contributed by atoms with E-state index in [0.29, 0.717) is 42.4 Å². The molecule has 0 aliphatic heterocycles. The molecule has 2 aromatic rings. The maximum absolute atomic E-state index is 12.3. The molecule has 1 fully saturated rings. The zero-order chi connectivity index (χ0) is 17.8. The molecule has 1 aromatic carbocycles. The molecular weight excluding hydrogens is 314 g/mol. The highest BCUT2D eigenvalue weighted by Crippen LogP contribution is 2.29. The van der Waals surface area contributed by atoms with Crippen LogP contribution in [0.3, 0.4) is 0 Å². The number of hydrogen-bond donors (Lipinski definition) is 1. The van der Waals surface area contributed by atoms with Gasteiger partial charge in [-0.3, -0.25) is 4.79 Å². The highest BCUT2D eigenvalue weighted by atomic mass is 16.5. The molecular formula is C20H27N3O2. The van der Waals surface area contributed by atoms with Gasteiger partial charge in [-0.1, -0.05) is 61.7 Å².